The first-order valence-corrected chi connectivity index (χ1v) is 11.5. The normalized spacial score (nSPS) is 10.6. The van der Waals surface area contributed by atoms with E-state index in [-0.39, 0.29) is 18.8 Å². The third-order valence-corrected chi connectivity index (χ3v) is 5.70. The van der Waals surface area contributed by atoms with Crippen molar-refractivity contribution in [3.8, 4) is 0 Å². The van der Waals surface area contributed by atoms with Gasteiger partial charge in [-0.3, -0.25) is 10.2 Å². The average molecular weight is 502 g/mol. The summed E-state index contributed by atoms with van der Waals surface area (Å²) in [4.78, 5) is 39.1. The van der Waals surface area contributed by atoms with Crippen LogP contribution in [0.5, 0.6) is 0 Å². The van der Waals surface area contributed by atoms with E-state index in [0.717, 1.165) is 17.0 Å². The number of pyridine rings is 1. The number of nitrogen functional groups attached to an aromatic ring is 1. The molecule has 0 saturated heterocycles. The number of carbonyl (C=O) groups is 2. The molecule has 0 aliphatic rings. The van der Waals surface area contributed by atoms with Gasteiger partial charge in [0.15, 0.2) is 5.82 Å². The number of anilines is 2. The number of imidazole rings is 1. The minimum Gasteiger partial charge on any atom is -0.469 e. The van der Waals surface area contributed by atoms with Crippen molar-refractivity contribution in [1.29, 1.82) is 5.41 Å². The van der Waals surface area contributed by atoms with Crippen LogP contribution in [0.25, 0.3) is 11.0 Å². The highest BCUT2D eigenvalue weighted by Crippen LogP contribution is 2.20. The number of fused-ring (bicyclic) bond motifs is 1. The Hall–Kier alpha value is -4.93. The highest BCUT2D eigenvalue weighted by Gasteiger charge is 2.19. The van der Waals surface area contributed by atoms with Gasteiger partial charge in [-0.15, -0.1) is 0 Å². The Bertz CT molecular complexity index is 1420. The molecule has 4 rings (SSSR count). The fourth-order valence-electron chi connectivity index (χ4n) is 3.64. The fourth-order valence-corrected chi connectivity index (χ4v) is 3.64. The third-order valence-electron chi connectivity index (χ3n) is 5.70. The summed E-state index contributed by atoms with van der Waals surface area (Å²) in [6.07, 6.45) is 1.59. The molecule has 0 unspecified atom stereocenters. The first kappa shape index (κ1) is 25.2. The number of esters is 1. The van der Waals surface area contributed by atoms with Crippen molar-refractivity contribution in [2.45, 2.75) is 13.0 Å². The number of hydroxylamine groups is 1. The number of rotatable bonds is 10. The number of aryl methyl sites for hydroxylation is 1. The fraction of sp³-hybridized carbons (Fsp3) is 0.192. The van der Waals surface area contributed by atoms with Crippen LogP contribution in [-0.2, 0) is 28.0 Å². The summed E-state index contributed by atoms with van der Waals surface area (Å²) in [7, 11) is 3.20. The van der Waals surface area contributed by atoms with Gasteiger partial charge in [-0.25, -0.2) is 14.8 Å². The first-order valence-electron chi connectivity index (χ1n) is 11.5. The number of nitrogens with two attached hydrogens (primary N) is 1. The van der Waals surface area contributed by atoms with Crippen LogP contribution in [0, 0.1) is 5.41 Å². The van der Waals surface area contributed by atoms with E-state index in [1.807, 2.05) is 29.8 Å². The number of benzene rings is 2. The number of hydrogen-bond acceptors (Lipinski definition) is 9. The third kappa shape index (κ3) is 6.01. The van der Waals surface area contributed by atoms with Gasteiger partial charge in [0.1, 0.15) is 11.7 Å². The molecule has 0 bridgehead atoms. The van der Waals surface area contributed by atoms with Gasteiger partial charge in [0.25, 0.3) is 0 Å². The summed E-state index contributed by atoms with van der Waals surface area (Å²) in [5.41, 5.74) is 8.82. The van der Waals surface area contributed by atoms with Crippen LogP contribution in [-0.4, -0.2) is 46.0 Å². The summed E-state index contributed by atoms with van der Waals surface area (Å²) in [6, 6.07) is 17.6. The van der Waals surface area contributed by atoms with Gasteiger partial charge in [-0.05, 0) is 54.6 Å². The van der Waals surface area contributed by atoms with E-state index < -0.39 is 11.9 Å². The predicted molar refractivity (Wildman–Crippen MR) is 139 cm³/mol. The molecule has 0 spiro atoms. The summed E-state index contributed by atoms with van der Waals surface area (Å²) >= 11 is 0. The van der Waals surface area contributed by atoms with Crippen molar-refractivity contribution < 1.29 is 19.2 Å². The average Bonchev–Trinajstić information content (AvgIpc) is 3.24. The van der Waals surface area contributed by atoms with Crippen LogP contribution in [0.4, 0.5) is 11.5 Å². The van der Waals surface area contributed by atoms with Crippen molar-refractivity contribution in [2.75, 3.05) is 24.0 Å². The SMILES string of the molecule is COC(=O)CCN(OC(=O)c1ccc2c(c1)nc(CNc1ccc(C(=N)N)cc1)n2C)c1ccccn1. The highest BCUT2D eigenvalue weighted by atomic mass is 16.7. The van der Waals surface area contributed by atoms with E-state index in [2.05, 4.69) is 15.3 Å². The molecule has 0 radical (unpaired) electrons. The Kier molecular flexibility index (Phi) is 7.62. The number of aromatic nitrogens is 3. The van der Waals surface area contributed by atoms with Crippen LogP contribution in [0.15, 0.2) is 66.9 Å². The Morgan fingerprint density at radius 1 is 1.11 bits per heavy atom. The quantitative estimate of drug-likeness (QED) is 0.129. The molecule has 0 aliphatic carbocycles. The van der Waals surface area contributed by atoms with Crippen molar-refractivity contribution in [1.82, 2.24) is 14.5 Å². The Balaban J connectivity index is 1.48. The first-order chi connectivity index (χ1) is 17.9. The minimum absolute atomic E-state index is 0.0165. The Morgan fingerprint density at radius 2 is 1.86 bits per heavy atom. The lowest BCUT2D eigenvalue weighted by atomic mass is 10.2. The molecule has 0 fully saturated rings. The lowest BCUT2D eigenvalue weighted by Gasteiger charge is -2.21. The van der Waals surface area contributed by atoms with Gasteiger partial charge in [-0.1, -0.05) is 6.07 Å². The van der Waals surface area contributed by atoms with Crippen LogP contribution >= 0.6 is 0 Å². The Labute approximate surface area is 213 Å². The monoisotopic (exact) mass is 501 g/mol. The molecule has 4 N–H and O–H groups in total. The molecule has 0 saturated carbocycles. The van der Waals surface area contributed by atoms with Gasteiger partial charge < -0.3 is 25.2 Å². The van der Waals surface area contributed by atoms with E-state index in [9.17, 15) is 9.59 Å². The van der Waals surface area contributed by atoms with Crippen molar-refractivity contribution in [3.05, 3.63) is 83.8 Å². The second kappa shape index (κ2) is 11.2. The molecule has 37 heavy (non-hydrogen) atoms. The standard InChI is InChI=1S/C26H27N7O4/c1-32-21-11-8-18(26(35)37-33(14-12-24(34)36-2)22-5-3-4-13-29-22)15-20(21)31-23(32)16-30-19-9-6-17(7-10-19)25(27)28/h3-11,13,15,30H,12,14,16H2,1-2H3,(H3,27,28). The molecule has 0 aliphatic heterocycles. The van der Waals surface area contributed by atoms with Crippen molar-refractivity contribution >= 4 is 40.3 Å². The lowest BCUT2D eigenvalue weighted by molar-refractivity contribution is -0.140. The van der Waals surface area contributed by atoms with E-state index >= 15 is 0 Å². The Morgan fingerprint density at radius 3 is 2.54 bits per heavy atom. The number of amidine groups is 1. The van der Waals surface area contributed by atoms with Gasteiger partial charge in [0.2, 0.25) is 0 Å². The van der Waals surface area contributed by atoms with Gasteiger partial charge in [0.05, 0.1) is 43.2 Å². The van der Waals surface area contributed by atoms with Gasteiger partial charge in [0, 0.05) is 24.5 Å². The van der Waals surface area contributed by atoms with E-state index in [1.165, 1.54) is 12.2 Å². The molecular formula is C26H27N7O4. The largest absolute Gasteiger partial charge is 0.469 e. The summed E-state index contributed by atoms with van der Waals surface area (Å²) in [5, 5.41) is 12.1. The van der Waals surface area contributed by atoms with E-state index in [1.54, 1.807) is 48.7 Å². The molecular weight excluding hydrogens is 474 g/mol. The van der Waals surface area contributed by atoms with E-state index in [4.69, 9.17) is 20.7 Å². The van der Waals surface area contributed by atoms with Crippen LogP contribution in [0.2, 0.25) is 0 Å². The predicted octanol–water partition coefficient (Wildman–Crippen LogP) is 3.01. The number of hydrogen-bond donors (Lipinski definition) is 3. The molecule has 2 aromatic heterocycles. The molecule has 4 aromatic rings. The second-order valence-corrected chi connectivity index (χ2v) is 8.13. The number of carbonyl (C=O) groups excluding carboxylic acids is 2. The molecule has 0 atom stereocenters. The maximum atomic E-state index is 13.0. The topological polar surface area (TPSA) is 148 Å². The molecule has 2 aromatic carbocycles. The van der Waals surface area contributed by atoms with Gasteiger partial charge >= 0.3 is 11.9 Å². The maximum Gasteiger partial charge on any atom is 0.363 e. The van der Waals surface area contributed by atoms with Crippen LogP contribution < -0.4 is 16.1 Å². The zero-order chi connectivity index (χ0) is 26.4. The number of nitrogens with zero attached hydrogens (tertiary/aromatic N) is 4. The van der Waals surface area contributed by atoms with Crippen LogP contribution in [0.3, 0.4) is 0 Å². The smallest absolute Gasteiger partial charge is 0.363 e. The zero-order valence-electron chi connectivity index (χ0n) is 20.5. The highest BCUT2D eigenvalue weighted by molar-refractivity contribution is 5.95. The molecule has 11 heteroatoms. The minimum atomic E-state index is -0.603. The van der Waals surface area contributed by atoms with E-state index in [0.29, 0.717) is 29.0 Å². The zero-order valence-corrected chi connectivity index (χ0v) is 20.5. The maximum absolute atomic E-state index is 13.0. The molecule has 0 amide bonds. The summed E-state index contributed by atoms with van der Waals surface area (Å²) in [5.74, 6) is 0.145. The number of nitrogens with one attached hydrogen (secondary N) is 2. The number of ether oxygens (including phenoxy) is 1. The molecule has 2 heterocycles. The summed E-state index contributed by atoms with van der Waals surface area (Å²) in [6.45, 7) is 0.538. The second-order valence-electron chi connectivity index (χ2n) is 8.13. The molecule has 190 valence electrons. The molecule has 11 nitrogen and oxygen atoms in total. The van der Waals surface area contributed by atoms with Crippen molar-refractivity contribution in [2.24, 2.45) is 12.8 Å². The van der Waals surface area contributed by atoms with Gasteiger partial charge in [-0.2, -0.15) is 5.06 Å². The lowest BCUT2D eigenvalue weighted by Crippen LogP contribution is -2.30. The summed E-state index contributed by atoms with van der Waals surface area (Å²) < 4.78 is 6.64. The number of methoxy groups -OCH3 is 1. The van der Waals surface area contributed by atoms with Crippen molar-refractivity contribution in [3.63, 3.8) is 0 Å². The van der Waals surface area contributed by atoms with Crippen LogP contribution in [0.1, 0.15) is 28.2 Å².